The standard InChI is InChI=1S/C11H18N6O/c1-3-12-10-9-11(14-8-13-10)17(16-15-9)6-5-7-18-4-2/h8H,3-7H2,1-2H3,(H,12,13,14). The van der Waals surface area contributed by atoms with E-state index in [1.54, 1.807) is 4.68 Å². The number of fused-ring (bicyclic) bond motifs is 1. The molecule has 0 radical (unpaired) electrons. The molecule has 2 heterocycles. The maximum absolute atomic E-state index is 5.30. The number of hydrogen-bond donors (Lipinski definition) is 1. The van der Waals surface area contributed by atoms with Gasteiger partial charge < -0.3 is 10.1 Å². The van der Waals surface area contributed by atoms with Gasteiger partial charge in [0.05, 0.1) is 0 Å². The summed E-state index contributed by atoms with van der Waals surface area (Å²) in [7, 11) is 0. The van der Waals surface area contributed by atoms with Crippen LogP contribution in [0, 0.1) is 0 Å². The van der Waals surface area contributed by atoms with Crippen molar-refractivity contribution in [3.8, 4) is 0 Å². The SMILES string of the molecule is CCNc1ncnc2c1nnn2CCCOCC. The smallest absolute Gasteiger partial charge is 0.183 e. The Bertz CT molecular complexity index is 497. The molecular weight excluding hydrogens is 232 g/mol. The molecule has 0 atom stereocenters. The van der Waals surface area contributed by atoms with Crippen molar-refractivity contribution in [1.29, 1.82) is 0 Å². The number of anilines is 1. The summed E-state index contributed by atoms with van der Waals surface area (Å²) in [4.78, 5) is 8.39. The van der Waals surface area contributed by atoms with Gasteiger partial charge >= 0.3 is 0 Å². The summed E-state index contributed by atoms with van der Waals surface area (Å²) in [6.45, 7) is 7.01. The molecule has 0 aliphatic heterocycles. The van der Waals surface area contributed by atoms with E-state index >= 15 is 0 Å². The third-order valence-electron chi connectivity index (χ3n) is 2.51. The van der Waals surface area contributed by atoms with Crippen LogP contribution in [0.2, 0.25) is 0 Å². The van der Waals surface area contributed by atoms with E-state index < -0.39 is 0 Å². The zero-order chi connectivity index (χ0) is 12.8. The monoisotopic (exact) mass is 250 g/mol. The average Bonchev–Trinajstić information content (AvgIpc) is 2.80. The van der Waals surface area contributed by atoms with Gasteiger partial charge in [-0.05, 0) is 20.3 Å². The minimum absolute atomic E-state index is 0.718. The Balaban J connectivity index is 2.12. The number of nitrogens with one attached hydrogen (secondary N) is 1. The van der Waals surface area contributed by atoms with Crippen molar-refractivity contribution in [2.24, 2.45) is 0 Å². The molecular formula is C11H18N6O. The summed E-state index contributed by atoms with van der Waals surface area (Å²) in [6, 6.07) is 0. The molecule has 0 aromatic carbocycles. The number of nitrogens with zero attached hydrogens (tertiary/aromatic N) is 5. The van der Waals surface area contributed by atoms with Gasteiger partial charge in [-0.3, -0.25) is 0 Å². The lowest BCUT2D eigenvalue weighted by Crippen LogP contribution is -2.05. The summed E-state index contributed by atoms with van der Waals surface area (Å²) in [5, 5.41) is 11.4. The molecule has 0 fully saturated rings. The number of rotatable bonds is 7. The summed E-state index contributed by atoms with van der Waals surface area (Å²) in [5.41, 5.74) is 1.48. The molecule has 0 bridgehead atoms. The van der Waals surface area contributed by atoms with Gasteiger partial charge in [0.15, 0.2) is 17.0 Å². The second kappa shape index (κ2) is 6.25. The Morgan fingerprint density at radius 1 is 1.33 bits per heavy atom. The van der Waals surface area contributed by atoms with Crippen LogP contribution in [0.15, 0.2) is 6.33 Å². The van der Waals surface area contributed by atoms with Crippen molar-refractivity contribution in [2.45, 2.75) is 26.8 Å². The first-order valence-corrected chi connectivity index (χ1v) is 6.22. The molecule has 0 saturated carbocycles. The first-order chi connectivity index (χ1) is 8.86. The predicted molar refractivity (Wildman–Crippen MR) is 68.4 cm³/mol. The Hall–Kier alpha value is -1.76. The van der Waals surface area contributed by atoms with Crippen molar-refractivity contribution in [3.05, 3.63) is 6.33 Å². The minimum Gasteiger partial charge on any atom is -0.382 e. The van der Waals surface area contributed by atoms with Gasteiger partial charge in [-0.1, -0.05) is 5.21 Å². The van der Waals surface area contributed by atoms with E-state index in [1.165, 1.54) is 6.33 Å². The fraction of sp³-hybridized carbons (Fsp3) is 0.636. The van der Waals surface area contributed by atoms with Crippen molar-refractivity contribution in [3.63, 3.8) is 0 Å². The van der Waals surface area contributed by atoms with Crippen LogP contribution in [0.1, 0.15) is 20.3 Å². The Morgan fingerprint density at radius 2 is 2.22 bits per heavy atom. The van der Waals surface area contributed by atoms with Crippen LogP contribution in [0.4, 0.5) is 5.82 Å². The molecule has 2 aromatic rings. The normalized spacial score (nSPS) is 11.0. The highest BCUT2D eigenvalue weighted by Crippen LogP contribution is 2.15. The van der Waals surface area contributed by atoms with Crippen LogP contribution in [-0.4, -0.2) is 44.7 Å². The maximum Gasteiger partial charge on any atom is 0.183 e. The largest absolute Gasteiger partial charge is 0.382 e. The van der Waals surface area contributed by atoms with Gasteiger partial charge in [0.2, 0.25) is 0 Å². The fourth-order valence-electron chi connectivity index (χ4n) is 1.70. The molecule has 2 rings (SSSR count). The molecule has 0 aliphatic rings. The highest BCUT2D eigenvalue weighted by Gasteiger charge is 2.10. The van der Waals surface area contributed by atoms with Gasteiger partial charge in [-0.15, -0.1) is 5.10 Å². The molecule has 0 spiro atoms. The van der Waals surface area contributed by atoms with Crippen LogP contribution in [-0.2, 0) is 11.3 Å². The molecule has 7 heteroatoms. The predicted octanol–water partition coefficient (Wildman–Crippen LogP) is 1.08. The van der Waals surface area contributed by atoms with Gasteiger partial charge in [0.1, 0.15) is 6.33 Å². The molecule has 2 aromatic heterocycles. The van der Waals surface area contributed by atoms with Gasteiger partial charge in [-0.25, -0.2) is 14.6 Å². The highest BCUT2D eigenvalue weighted by atomic mass is 16.5. The van der Waals surface area contributed by atoms with Crippen LogP contribution in [0.5, 0.6) is 0 Å². The minimum atomic E-state index is 0.718. The number of hydrogen-bond acceptors (Lipinski definition) is 6. The van der Waals surface area contributed by atoms with Crippen molar-refractivity contribution < 1.29 is 4.74 Å². The van der Waals surface area contributed by atoms with Gasteiger partial charge in [0, 0.05) is 26.3 Å². The second-order valence-corrected chi connectivity index (χ2v) is 3.79. The van der Waals surface area contributed by atoms with E-state index in [0.29, 0.717) is 0 Å². The summed E-state index contributed by atoms with van der Waals surface area (Å²) in [6.07, 6.45) is 2.43. The first kappa shape index (κ1) is 12.7. The van der Waals surface area contributed by atoms with Crippen molar-refractivity contribution >= 4 is 17.0 Å². The molecule has 0 unspecified atom stereocenters. The zero-order valence-corrected chi connectivity index (χ0v) is 10.8. The molecule has 18 heavy (non-hydrogen) atoms. The van der Waals surface area contributed by atoms with Crippen LogP contribution in [0.3, 0.4) is 0 Å². The lowest BCUT2D eigenvalue weighted by molar-refractivity contribution is 0.141. The Morgan fingerprint density at radius 3 is 3.00 bits per heavy atom. The topological polar surface area (TPSA) is 77.8 Å². The lowest BCUT2D eigenvalue weighted by Gasteiger charge is -2.03. The van der Waals surface area contributed by atoms with Crippen LogP contribution < -0.4 is 5.32 Å². The summed E-state index contributed by atoms with van der Waals surface area (Å²) >= 11 is 0. The van der Waals surface area contributed by atoms with E-state index in [-0.39, 0.29) is 0 Å². The molecule has 98 valence electrons. The quantitative estimate of drug-likeness (QED) is 0.741. The summed E-state index contributed by atoms with van der Waals surface area (Å²) < 4.78 is 7.09. The lowest BCUT2D eigenvalue weighted by atomic mass is 10.4. The third-order valence-corrected chi connectivity index (χ3v) is 2.51. The van der Waals surface area contributed by atoms with Crippen molar-refractivity contribution in [1.82, 2.24) is 25.0 Å². The highest BCUT2D eigenvalue weighted by molar-refractivity contribution is 5.81. The van der Waals surface area contributed by atoms with E-state index in [2.05, 4.69) is 25.6 Å². The summed E-state index contributed by atoms with van der Waals surface area (Å²) in [5.74, 6) is 0.735. The number of aromatic nitrogens is 5. The average molecular weight is 250 g/mol. The maximum atomic E-state index is 5.30. The van der Waals surface area contributed by atoms with Gasteiger partial charge in [-0.2, -0.15) is 0 Å². The number of aryl methyl sites for hydroxylation is 1. The molecule has 0 amide bonds. The fourth-order valence-corrected chi connectivity index (χ4v) is 1.70. The Kier molecular flexibility index (Phi) is 4.40. The molecule has 0 aliphatic carbocycles. The van der Waals surface area contributed by atoms with E-state index in [1.807, 2.05) is 13.8 Å². The van der Waals surface area contributed by atoms with Crippen LogP contribution >= 0.6 is 0 Å². The van der Waals surface area contributed by atoms with E-state index in [9.17, 15) is 0 Å². The first-order valence-electron chi connectivity index (χ1n) is 6.22. The van der Waals surface area contributed by atoms with Gasteiger partial charge in [0.25, 0.3) is 0 Å². The molecule has 1 N–H and O–H groups in total. The molecule has 0 saturated heterocycles. The number of ether oxygens (including phenoxy) is 1. The second-order valence-electron chi connectivity index (χ2n) is 3.79. The van der Waals surface area contributed by atoms with Crippen LogP contribution in [0.25, 0.3) is 11.2 Å². The molecule has 7 nitrogen and oxygen atoms in total. The van der Waals surface area contributed by atoms with E-state index in [4.69, 9.17) is 4.74 Å². The van der Waals surface area contributed by atoms with Crippen molar-refractivity contribution in [2.75, 3.05) is 25.1 Å². The third kappa shape index (κ3) is 2.73. The van der Waals surface area contributed by atoms with E-state index in [0.717, 1.165) is 49.7 Å². The zero-order valence-electron chi connectivity index (χ0n) is 10.8. The Labute approximate surface area is 106 Å².